The number of thiophene rings is 1. The second-order valence-electron chi connectivity index (χ2n) is 4.64. The molecule has 0 atom stereocenters. The Hall–Kier alpha value is -0.850. The summed E-state index contributed by atoms with van der Waals surface area (Å²) in [6.45, 7) is 5.06. The maximum atomic E-state index is 12.0. The number of thioether (sulfide) groups is 1. The van der Waals surface area contributed by atoms with Crippen molar-refractivity contribution >= 4 is 33.3 Å². The summed E-state index contributed by atoms with van der Waals surface area (Å²) < 4.78 is 0. The zero-order chi connectivity index (χ0) is 13.3. The van der Waals surface area contributed by atoms with E-state index in [0.29, 0.717) is 0 Å². The van der Waals surface area contributed by atoms with E-state index in [4.69, 9.17) is 0 Å². The Balaban J connectivity index is 2.29. The zero-order valence-electron chi connectivity index (χ0n) is 11.1. The Labute approximate surface area is 114 Å². The SMILES string of the molecule is Cc1sc2nc(SCC[NH+](C)C)[nH]c(=O)c2c1C. The van der Waals surface area contributed by atoms with Gasteiger partial charge >= 0.3 is 0 Å². The van der Waals surface area contributed by atoms with Gasteiger partial charge in [-0.25, -0.2) is 4.98 Å². The highest BCUT2D eigenvalue weighted by molar-refractivity contribution is 7.99. The smallest absolute Gasteiger partial charge is 0.260 e. The van der Waals surface area contributed by atoms with Crippen LogP contribution in [0.3, 0.4) is 0 Å². The lowest BCUT2D eigenvalue weighted by atomic mass is 10.2. The third-order valence-electron chi connectivity index (χ3n) is 2.86. The molecule has 0 aromatic carbocycles. The Kier molecular flexibility index (Phi) is 4.09. The summed E-state index contributed by atoms with van der Waals surface area (Å²) in [5, 5.41) is 1.48. The van der Waals surface area contributed by atoms with Gasteiger partial charge in [-0.15, -0.1) is 11.3 Å². The Morgan fingerprint density at radius 2 is 2.11 bits per heavy atom. The number of hydrogen-bond donors (Lipinski definition) is 2. The molecule has 4 nitrogen and oxygen atoms in total. The summed E-state index contributed by atoms with van der Waals surface area (Å²) in [4.78, 5) is 22.8. The van der Waals surface area contributed by atoms with E-state index in [1.165, 1.54) is 9.78 Å². The first-order valence-corrected chi connectivity index (χ1v) is 7.71. The van der Waals surface area contributed by atoms with Crippen molar-refractivity contribution in [3.8, 4) is 0 Å². The molecule has 0 radical (unpaired) electrons. The molecule has 2 aromatic heterocycles. The molecule has 0 aliphatic rings. The number of quaternary nitrogens is 1. The van der Waals surface area contributed by atoms with Crippen LogP contribution in [0.4, 0.5) is 0 Å². The molecular formula is C12H18N3OS2+. The van der Waals surface area contributed by atoms with E-state index in [-0.39, 0.29) is 5.56 Å². The lowest BCUT2D eigenvalue weighted by molar-refractivity contribution is -0.855. The molecule has 0 aliphatic carbocycles. The standard InChI is InChI=1S/C12H17N3OS2/c1-7-8(2)18-11-9(7)10(16)13-12(14-11)17-6-5-15(3)4/h5-6H2,1-4H3,(H,13,14,16)/p+1. The third kappa shape index (κ3) is 2.76. The van der Waals surface area contributed by atoms with Crippen LogP contribution >= 0.6 is 23.1 Å². The summed E-state index contributed by atoms with van der Waals surface area (Å²) >= 11 is 3.21. The van der Waals surface area contributed by atoms with Crippen molar-refractivity contribution in [2.75, 3.05) is 26.4 Å². The molecule has 0 saturated heterocycles. The summed E-state index contributed by atoms with van der Waals surface area (Å²) in [6, 6.07) is 0. The third-order valence-corrected chi connectivity index (χ3v) is 4.83. The van der Waals surface area contributed by atoms with E-state index in [1.807, 2.05) is 13.8 Å². The van der Waals surface area contributed by atoms with Crippen molar-refractivity contribution in [1.82, 2.24) is 9.97 Å². The molecule has 98 valence electrons. The number of aryl methyl sites for hydroxylation is 2. The normalized spacial score (nSPS) is 11.6. The van der Waals surface area contributed by atoms with Gasteiger partial charge in [0.1, 0.15) is 4.83 Å². The van der Waals surface area contributed by atoms with Gasteiger partial charge in [0, 0.05) is 4.88 Å². The van der Waals surface area contributed by atoms with E-state index in [0.717, 1.165) is 33.2 Å². The molecule has 2 N–H and O–H groups in total. The lowest BCUT2D eigenvalue weighted by Gasteiger charge is -2.05. The molecule has 0 bridgehead atoms. The lowest BCUT2D eigenvalue weighted by Crippen LogP contribution is -3.06. The largest absolute Gasteiger partial charge is 0.339 e. The maximum Gasteiger partial charge on any atom is 0.260 e. The van der Waals surface area contributed by atoms with Gasteiger partial charge in [0.15, 0.2) is 5.16 Å². The molecule has 0 spiro atoms. The first-order chi connectivity index (χ1) is 8.49. The van der Waals surface area contributed by atoms with Crippen molar-refractivity contribution in [1.29, 1.82) is 0 Å². The molecule has 0 saturated carbocycles. The van der Waals surface area contributed by atoms with Crippen molar-refractivity contribution in [2.24, 2.45) is 0 Å². The van der Waals surface area contributed by atoms with Crippen LogP contribution in [-0.2, 0) is 0 Å². The average molecular weight is 284 g/mol. The van der Waals surface area contributed by atoms with Gasteiger partial charge in [-0.2, -0.15) is 0 Å². The number of nitrogens with zero attached hydrogens (tertiary/aromatic N) is 1. The first kappa shape index (κ1) is 13.6. The summed E-state index contributed by atoms with van der Waals surface area (Å²) in [5.41, 5.74) is 1.04. The van der Waals surface area contributed by atoms with Crippen LogP contribution in [0.2, 0.25) is 0 Å². The summed E-state index contributed by atoms with van der Waals surface area (Å²) in [7, 11) is 4.23. The van der Waals surface area contributed by atoms with Gasteiger partial charge in [-0.05, 0) is 19.4 Å². The fraction of sp³-hybridized carbons (Fsp3) is 0.500. The van der Waals surface area contributed by atoms with E-state index < -0.39 is 0 Å². The minimum absolute atomic E-state index is 0.0125. The number of aromatic nitrogens is 2. The summed E-state index contributed by atoms with van der Waals surface area (Å²) in [5.74, 6) is 0.958. The molecule has 6 heteroatoms. The van der Waals surface area contributed by atoms with Crippen molar-refractivity contribution < 1.29 is 4.90 Å². The number of hydrogen-bond acceptors (Lipinski definition) is 4. The van der Waals surface area contributed by atoms with E-state index in [2.05, 4.69) is 24.1 Å². The number of aromatic amines is 1. The van der Waals surface area contributed by atoms with Crippen LogP contribution < -0.4 is 10.5 Å². The van der Waals surface area contributed by atoms with Gasteiger partial charge in [-0.3, -0.25) is 4.79 Å². The van der Waals surface area contributed by atoms with Gasteiger partial charge in [0.25, 0.3) is 5.56 Å². The highest BCUT2D eigenvalue weighted by Crippen LogP contribution is 2.26. The minimum atomic E-state index is -0.0125. The minimum Gasteiger partial charge on any atom is -0.339 e. The van der Waals surface area contributed by atoms with Crippen LogP contribution in [0, 0.1) is 13.8 Å². The number of H-pyrrole nitrogens is 1. The van der Waals surface area contributed by atoms with Crippen molar-refractivity contribution in [3.63, 3.8) is 0 Å². The predicted octanol–water partition coefficient (Wildman–Crippen LogP) is 0.838. The van der Waals surface area contributed by atoms with Gasteiger partial charge in [0.05, 0.1) is 31.8 Å². The van der Waals surface area contributed by atoms with Crippen LogP contribution in [-0.4, -0.2) is 36.4 Å². The van der Waals surface area contributed by atoms with Gasteiger partial charge in [-0.1, -0.05) is 11.8 Å². The van der Waals surface area contributed by atoms with Crippen LogP contribution in [0.5, 0.6) is 0 Å². The Bertz CT molecular complexity index is 616. The molecule has 2 aromatic rings. The van der Waals surface area contributed by atoms with E-state index >= 15 is 0 Å². The molecule has 0 fully saturated rings. The maximum absolute atomic E-state index is 12.0. The fourth-order valence-electron chi connectivity index (χ4n) is 1.66. The number of fused-ring (bicyclic) bond motifs is 1. The first-order valence-electron chi connectivity index (χ1n) is 5.91. The predicted molar refractivity (Wildman–Crippen MR) is 78.1 cm³/mol. The highest BCUT2D eigenvalue weighted by atomic mass is 32.2. The Morgan fingerprint density at radius 1 is 1.39 bits per heavy atom. The topological polar surface area (TPSA) is 50.2 Å². The van der Waals surface area contributed by atoms with E-state index in [9.17, 15) is 4.79 Å². The number of rotatable bonds is 4. The molecular weight excluding hydrogens is 266 g/mol. The Morgan fingerprint density at radius 3 is 2.78 bits per heavy atom. The molecule has 0 aliphatic heterocycles. The van der Waals surface area contributed by atoms with Gasteiger partial charge in [0.2, 0.25) is 0 Å². The highest BCUT2D eigenvalue weighted by Gasteiger charge is 2.12. The molecule has 0 amide bonds. The van der Waals surface area contributed by atoms with Crippen molar-refractivity contribution in [3.05, 3.63) is 20.8 Å². The molecule has 2 rings (SSSR count). The molecule has 2 heterocycles. The zero-order valence-corrected chi connectivity index (χ0v) is 12.7. The second-order valence-corrected chi connectivity index (χ2v) is 6.93. The van der Waals surface area contributed by atoms with Crippen LogP contribution in [0.25, 0.3) is 10.2 Å². The fourth-order valence-corrected chi connectivity index (χ4v) is 3.77. The average Bonchev–Trinajstić information content (AvgIpc) is 2.54. The van der Waals surface area contributed by atoms with Crippen LogP contribution in [0.1, 0.15) is 10.4 Å². The second kappa shape index (κ2) is 5.42. The quantitative estimate of drug-likeness (QED) is 0.646. The molecule has 0 unspecified atom stereocenters. The summed E-state index contributed by atoms with van der Waals surface area (Å²) in [6.07, 6.45) is 0. The van der Waals surface area contributed by atoms with E-state index in [1.54, 1.807) is 23.1 Å². The van der Waals surface area contributed by atoms with Crippen LogP contribution in [0.15, 0.2) is 9.95 Å². The monoisotopic (exact) mass is 284 g/mol. The van der Waals surface area contributed by atoms with Gasteiger partial charge < -0.3 is 9.88 Å². The number of nitrogens with one attached hydrogen (secondary N) is 2. The molecule has 18 heavy (non-hydrogen) atoms. The van der Waals surface area contributed by atoms with Crippen molar-refractivity contribution in [2.45, 2.75) is 19.0 Å².